The number of aromatic nitrogens is 2. The maximum Gasteiger partial charge on any atom is 0.328 e. The zero-order valence-electron chi connectivity index (χ0n) is 15.0. The van der Waals surface area contributed by atoms with Crippen LogP contribution in [0.2, 0.25) is 0 Å². The first-order chi connectivity index (χ1) is 11.1. The molecule has 2 N–H and O–H groups in total. The van der Waals surface area contributed by atoms with Crippen molar-refractivity contribution in [2.45, 2.75) is 60.2 Å². The Balaban J connectivity index is 3.06. The molecule has 0 saturated heterocycles. The predicted molar refractivity (Wildman–Crippen MR) is 92.2 cm³/mol. The number of H-pyrrole nitrogens is 1. The van der Waals surface area contributed by atoms with Gasteiger partial charge in [0.15, 0.2) is 0 Å². The number of hydrogen-bond donors (Lipinski definition) is 2. The van der Waals surface area contributed by atoms with Crippen molar-refractivity contribution in [3.05, 3.63) is 32.6 Å². The molecule has 1 rings (SSSR count). The molecule has 0 saturated carbocycles. The molecule has 1 aromatic heterocycles. The summed E-state index contributed by atoms with van der Waals surface area (Å²) in [6, 6.07) is -0.363. The molecule has 8 nitrogen and oxygen atoms in total. The molecular formula is C16H26N4O4. The van der Waals surface area contributed by atoms with Gasteiger partial charge in [0.05, 0.1) is 17.8 Å². The monoisotopic (exact) mass is 338 g/mol. The van der Waals surface area contributed by atoms with Crippen LogP contribution in [0.5, 0.6) is 0 Å². The average Bonchev–Trinajstić information content (AvgIpc) is 2.48. The highest BCUT2D eigenvalue weighted by Crippen LogP contribution is 1.97. The molecule has 1 amide bonds. The van der Waals surface area contributed by atoms with Gasteiger partial charge in [0, 0.05) is 18.2 Å². The van der Waals surface area contributed by atoms with E-state index in [0.717, 1.165) is 4.57 Å². The molecule has 134 valence electrons. The van der Waals surface area contributed by atoms with E-state index in [1.807, 2.05) is 13.8 Å². The first-order valence-corrected chi connectivity index (χ1v) is 7.97. The van der Waals surface area contributed by atoms with Gasteiger partial charge in [0.2, 0.25) is 5.91 Å². The van der Waals surface area contributed by atoms with Crippen LogP contribution in [0.15, 0.2) is 20.9 Å². The van der Waals surface area contributed by atoms with Crippen molar-refractivity contribution in [1.29, 1.82) is 0 Å². The van der Waals surface area contributed by atoms with Crippen LogP contribution in [0.3, 0.4) is 0 Å². The van der Waals surface area contributed by atoms with E-state index in [1.165, 1.54) is 6.20 Å². The molecular weight excluding hydrogens is 312 g/mol. The summed E-state index contributed by atoms with van der Waals surface area (Å²) in [7, 11) is 0. The Morgan fingerprint density at radius 3 is 2.46 bits per heavy atom. The van der Waals surface area contributed by atoms with E-state index >= 15 is 0 Å². The molecule has 0 spiro atoms. The van der Waals surface area contributed by atoms with Gasteiger partial charge >= 0.3 is 5.69 Å². The number of nitrogens with one attached hydrogen (secondary N) is 2. The van der Waals surface area contributed by atoms with Gasteiger partial charge in [-0.3, -0.25) is 14.2 Å². The van der Waals surface area contributed by atoms with E-state index in [-0.39, 0.29) is 36.1 Å². The summed E-state index contributed by atoms with van der Waals surface area (Å²) in [5.74, 6) is -0.303. The number of carbonyl (C=O) groups excluding carboxylic acids is 1. The maximum absolute atomic E-state index is 12.5. The Bertz CT molecular complexity index is 716. The molecule has 0 bridgehead atoms. The van der Waals surface area contributed by atoms with Gasteiger partial charge in [-0.2, -0.15) is 0 Å². The van der Waals surface area contributed by atoms with Gasteiger partial charge in [0.1, 0.15) is 6.10 Å². The molecule has 24 heavy (non-hydrogen) atoms. The zero-order valence-corrected chi connectivity index (χ0v) is 15.0. The Morgan fingerprint density at radius 2 is 1.92 bits per heavy atom. The number of carbonyl (C=O) groups is 1. The lowest BCUT2D eigenvalue weighted by Gasteiger charge is -2.16. The molecule has 0 unspecified atom stereocenters. The standard InChI is InChI=1S/C16H26N4O4/c1-9(2)14(21)18-11(5)8-20-15(22)13(7-17-16(20)23)12(6)19-24-10(3)4/h7,9-11H,8H2,1-6H3,(H,17,23)(H,18,21)/b19-12+/t11-/m0/s1. The number of oxime groups is 1. The third kappa shape index (κ3) is 5.36. The molecule has 8 heteroatoms. The number of amides is 1. The summed E-state index contributed by atoms with van der Waals surface area (Å²) in [5.41, 5.74) is -0.389. The van der Waals surface area contributed by atoms with Crippen LogP contribution < -0.4 is 16.6 Å². The third-order valence-electron chi connectivity index (χ3n) is 3.22. The van der Waals surface area contributed by atoms with Gasteiger partial charge in [-0.05, 0) is 27.7 Å². The second-order valence-electron chi connectivity index (χ2n) is 6.32. The Hall–Kier alpha value is -2.38. The fraction of sp³-hybridized carbons (Fsp3) is 0.625. The van der Waals surface area contributed by atoms with Crippen molar-refractivity contribution in [3.8, 4) is 0 Å². The summed E-state index contributed by atoms with van der Waals surface area (Å²) >= 11 is 0. The molecule has 0 aromatic carbocycles. The molecule has 0 aliphatic heterocycles. The van der Waals surface area contributed by atoms with Crippen LogP contribution in [-0.2, 0) is 16.2 Å². The van der Waals surface area contributed by atoms with E-state index in [1.54, 1.807) is 27.7 Å². The van der Waals surface area contributed by atoms with Gasteiger partial charge in [0.25, 0.3) is 5.56 Å². The molecule has 1 atom stereocenters. The van der Waals surface area contributed by atoms with Crippen LogP contribution in [0.1, 0.15) is 47.1 Å². The van der Waals surface area contributed by atoms with Crippen LogP contribution in [-0.4, -0.2) is 33.3 Å². The van der Waals surface area contributed by atoms with E-state index in [4.69, 9.17) is 4.84 Å². The Labute approximate surface area is 140 Å². The lowest BCUT2D eigenvalue weighted by Crippen LogP contribution is -2.45. The topological polar surface area (TPSA) is 106 Å². The minimum Gasteiger partial charge on any atom is -0.393 e. The van der Waals surface area contributed by atoms with Crippen LogP contribution in [0.25, 0.3) is 0 Å². The van der Waals surface area contributed by atoms with Crippen molar-refractivity contribution in [1.82, 2.24) is 14.9 Å². The SMILES string of the molecule is C/C(=N\OC(C)C)c1c[nH]c(=O)n(C[C@H](C)NC(=O)C(C)C)c1=O. The average molecular weight is 338 g/mol. The van der Waals surface area contributed by atoms with Crippen LogP contribution in [0.4, 0.5) is 0 Å². The number of nitrogens with zero attached hydrogens (tertiary/aromatic N) is 2. The lowest BCUT2D eigenvalue weighted by atomic mass is 10.2. The van der Waals surface area contributed by atoms with Crippen molar-refractivity contribution < 1.29 is 9.63 Å². The highest BCUT2D eigenvalue weighted by molar-refractivity contribution is 5.97. The van der Waals surface area contributed by atoms with E-state index in [9.17, 15) is 14.4 Å². The minimum absolute atomic E-state index is 0.0682. The van der Waals surface area contributed by atoms with Crippen LogP contribution >= 0.6 is 0 Å². The number of rotatable bonds is 7. The second kappa shape index (κ2) is 8.47. The largest absolute Gasteiger partial charge is 0.393 e. The molecule has 0 aliphatic rings. The predicted octanol–water partition coefficient (Wildman–Crippen LogP) is 0.846. The van der Waals surface area contributed by atoms with E-state index < -0.39 is 11.2 Å². The van der Waals surface area contributed by atoms with Gasteiger partial charge in [-0.15, -0.1) is 0 Å². The first-order valence-electron chi connectivity index (χ1n) is 7.97. The van der Waals surface area contributed by atoms with Gasteiger partial charge < -0.3 is 15.1 Å². The second-order valence-corrected chi connectivity index (χ2v) is 6.32. The summed E-state index contributed by atoms with van der Waals surface area (Å²) in [6.45, 7) is 10.6. The Morgan fingerprint density at radius 1 is 1.29 bits per heavy atom. The molecule has 0 aliphatic carbocycles. The van der Waals surface area contributed by atoms with E-state index in [2.05, 4.69) is 15.5 Å². The van der Waals surface area contributed by atoms with Crippen molar-refractivity contribution >= 4 is 11.6 Å². The molecule has 1 aromatic rings. The van der Waals surface area contributed by atoms with Crippen LogP contribution in [0, 0.1) is 5.92 Å². The molecule has 0 radical (unpaired) electrons. The third-order valence-corrected chi connectivity index (χ3v) is 3.22. The highest BCUT2D eigenvalue weighted by Gasteiger charge is 2.15. The fourth-order valence-electron chi connectivity index (χ4n) is 1.90. The highest BCUT2D eigenvalue weighted by atomic mass is 16.6. The summed E-state index contributed by atoms with van der Waals surface area (Å²) in [5, 5.41) is 6.65. The van der Waals surface area contributed by atoms with Gasteiger partial charge in [-0.1, -0.05) is 19.0 Å². The minimum atomic E-state index is -0.535. The Kier molecular flexibility index (Phi) is 6.94. The van der Waals surface area contributed by atoms with Crippen molar-refractivity contribution in [2.24, 2.45) is 11.1 Å². The molecule has 0 fully saturated rings. The number of hydrogen-bond acceptors (Lipinski definition) is 5. The zero-order chi connectivity index (χ0) is 18.4. The number of aromatic amines is 1. The summed E-state index contributed by atoms with van der Waals surface area (Å²) < 4.78 is 1.05. The quantitative estimate of drug-likeness (QED) is 0.568. The summed E-state index contributed by atoms with van der Waals surface area (Å²) in [6.07, 6.45) is 1.21. The van der Waals surface area contributed by atoms with Crippen molar-refractivity contribution in [3.63, 3.8) is 0 Å². The van der Waals surface area contributed by atoms with Crippen molar-refractivity contribution in [2.75, 3.05) is 0 Å². The van der Waals surface area contributed by atoms with Gasteiger partial charge in [-0.25, -0.2) is 4.79 Å². The smallest absolute Gasteiger partial charge is 0.328 e. The first kappa shape index (κ1) is 19.7. The van der Waals surface area contributed by atoms with E-state index in [0.29, 0.717) is 5.71 Å². The lowest BCUT2D eigenvalue weighted by molar-refractivity contribution is -0.124. The normalized spacial score (nSPS) is 13.2. The summed E-state index contributed by atoms with van der Waals surface area (Å²) in [4.78, 5) is 43.9. The molecule has 1 heterocycles. The fourth-order valence-corrected chi connectivity index (χ4v) is 1.90. The maximum atomic E-state index is 12.5.